The number of aliphatic hydroxyl groups excluding tert-OH is 1. The van der Waals surface area contributed by atoms with Gasteiger partial charge in [0.1, 0.15) is 17.6 Å². The van der Waals surface area contributed by atoms with Crippen LogP contribution in [0.2, 0.25) is 0 Å². The van der Waals surface area contributed by atoms with Crippen LogP contribution in [-0.2, 0) is 9.59 Å². The molecule has 0 aliphatic carbocycles. The van der Waals surface area contributed by atoms with Crippen molar-refractivity contribution in [2.45, 2.75) is 31.5 Å². The van der Waals surface area contributed by atoms with E-state index < -0.39 is 29.8 Å². The van der Waals surface area contributed by atoms with Gasteiger partial charge in [0.05, 0.1) is 24.2 Å². The molecule has 3 N–H and O–H groups in total. The van der Waals surface area contributed by atoms with Gasteiger partial charge in [-0.25, -0.2) is 9.37 Å². The number of halogens is 2. The van der Waals surface area contributed by atoms with Gasteiger partial charge in [0.25, 0.3) is 5.91 Å². The fourth-order valence-electron chi connectivity index (χ4n) is 4.12. The van der Waals surface area contributed by atoms with Gasteiger partial charge in [0, 0.05) is 22.8 Å². The molecule has 35 heavy (non-hydrogen) atoms. The minimum atomic E-state index is -0.854. The first-order valence-corrected chi connectivity index (χ1v) is 11.9. The van der Waals surface area contributed by atoms with Gasteiger partial charge < -0.3 is 20.6 Å². The molecule has 0 spiro atoms. The third-order valence-corrected chi connectivity index (χ3v) is 6.64. The van der Waals surface area contributed by atoms with Crippen LogP contribution in [0.4, 0.5) is 4.39 Å². The SMILES string of the molecule is C[C@H](NC(=O)[C@@H]1C[C@@H](O)CN1C(=O)CNC(=O)c1ccc2cc(F)ccc2n1)c1ccccc1Br. The Bertz CT molecular complexity index is 1290. The molecule has 0 radical (unpaired) electrons. The summed E-state index contributed by atoms with van der Waals surface area (Å²) < 4.78 is 14.2. The zero-order valence-corrected chi connectivity index (χ0v) is 20.5. The quantitative estimate of drug-likeness (QED) is 0.443. The van der Waals surface area contributed by atoms with Crippen molar-refractivity contribution in [3.8, 4) is 0 Å². The van der Waals surface area contributed by atoms with Crippen LogP contribution in [0.1, 0.15) is 35.4 Å². The maximum Gasteiger partial charge on any atom is 0.270 e. The van der Waals surface area contributed by atoms with Gasteiger partial charge in [0.2, 0.25) is 11.8 Å². The van der Waals surface area contributed by atoms with Crippen LogP contribution in [0, 0.1) is 5.82 Å². The first-order valence-electron chi connectivity index (χ1n) is 11.1. The highest BCUT2D eigenvalue weighted by Crippen LogP contribution is 2.24. The molecule has 8 nitrogen and oxygen atoms in total. The van der Waals surface area contributed by atoms with Gasteiger partial charge >= 0.3 is 0 Å². The highest BCUT2D eigenvalue weighted by Gasteiger charge is 2.39. The van der Waals surface area contributed by atoms with Gasteiger partial charge in [-0.3, -0.25) is 14.4 Å². The van der Waals surface area contributed by atoms with Crippen molar-refractivity contribution in [2.75, 3.05) is 13.1 Å². The average molecular weight is 543 g/mol. The van der Waals surface area contributed by atoms with Crippen LogP contribution in [0.25, 0.3) is 10.9 Å². The van der Waals surface area contributed by atoms with Crippen molar-refractivity contribution in [1.82, 2.24) is 20.5 Å². The summed E-state index contributed by atoms with van der Waals surface area (Å²) in [6.07, 6.45) is -0.733. The summed E-state index contributed by atoms with van der Waals surface area (Å²) in [5.41, 5.74) is 1.41. The maximum absolute atomic E-state index is 13.3. The molecule has 3 atom stereocenters. The molecule has 1 saturated heterocycles. The van der Waals surface area contributed by atoms with Crippen molar-refractivity contribution in [2.24, 2.45) is 0 Å². The van der Waals surface area contributed by atoms with E-state index in [0.717, 1.165) is 10.0 Å². The normalized spacial score (nSPS) is 18.3. The Balaban J connectivity index is 1.38. The molecule has 1 aliphatic rings. The molecule has 3 aromatic rings. The largest absolute Gasteiger partial charge is 0.391 e. The smallest absolute Gasteiger partial charge is 0.270 e. The van der Waals surface area contributed by atoms with Crippen LogP contribution in [0.3, 0.4) is 0 Å². The molecule has 1 aliphatic heterocycles. The number of pyridine rings is 1. The number of aromatic nitrogens is 1. The molecular weight excluding hydrogens is 519 g/mol. The second-order valence-electron chi connectivity index (χ2n) is 8.42. The van der Waals surface area contributed by atoms with Crippen molar-refractivity contribution in [1.29, 1.82) is 0 Å². The summed E-state index contributed by atoms with van der Waals surface area (Å²) in [4.78, 5) is 43.8. The van der Waals surface area contributed by atoms with Gasteiger partial charge in [-0.1, -0.05) is 40.2 Å². The number of benzene rings is 2. The molecule has 0 bridgehead atoms. The number of nitrogens with zero attached hydrogens (tertiary/aromatic N) is 2. The van der Waals surface area contributed by atoms with E-state index in [2.05, 4.69) is 31.5 Å². The van der Waals surface area contributed by atoms with E-state index in [1.165, 1.54) is 29.2 Å². The maximum atomic E-state index is 13.3. The number of fused-ring (bicyclic) bond motifs is 1. The van der Waals surface area contributed by atoms with E-state index in [4.69, 9.17) is 0 Å². The number of aliphatic hydroxyl groups is 1. The first kappa shape index (κ1) is 24.7. The molecule has 10 heteroatoms. The number of hydrogen-bond acceptors (Lipinski definition) is 5. The molecule has 0 saturated carbocycles. The third-order valence-electron chi connectivity index (χ3n) is 5.92. The Hall–Kier alpha value is -3.37. The number of likely N-dealkylation sites (tertiary alicyclic amines) is 1. The third kappa shape index (κ3) is 5.66. The molecule has 1 aromatic heterocycles. The van der Waals surface area contributed by atoms with E-state index in [1.807, 2.05) is 31.2 Å². The molecule has 3 amide bonds. The second kappa shape index (κ2) is 10.5. The number of amides is 3. The van der Waals surface area contributed by atoms with Gasteiger partial charge in [-0.2, -0.15) is 0 Å². The van der Waals surface area contributed by atoms with Crippen molar-refractivity contribution < 1.29 is 23.9 Å². The van der Waals surface area contributed by atoms with Crippen LogP contribution in [-0.4, -0.2) is 57.9 Å². The van der Waals surface area contributed by atoms with Crippen LogP contribution >= 0.6 is 15.9 Å². The summed E-state index contributed by atoms with van der Waals surface area (Å²) in [6.45, 7) is 1.47. The highest BCUT2D eigenvalue weighted by molar-refractivity contribution is 9.10. The number of hydrogen-bond donors (Lipinski definition) is 3. The minimum Gasteiger partial charge on any atom is -0.391 e. The van der Waals surface area contributed by atoms with Gasteiger partial charge in [-0.15, -0.1) is 0 Å². The fraction of sp³-hybridized carbons (Fsp3) is 0.280. The lowest BCUT2D eigenvalue weighted by Gasteiger charge is -2.25. The summed E-state index contributed by atoms with van der Waals surface area (Å²) in [7, 11) is 0. The lowest BCUT2D eigenvalue weighted by molar-refractivity contribution is -0.138. The van der Waals surface area contributed by atoms with E-state index in [0.29, 0.717) is 10.9 Å². The zero-order chi connectivity index (χ0) is 25.1. The van der Waals surface area contributed by atoms with Crippen molar-refractivity contribution >= 4 is 44.6 Å². The zero-order valence-electron chi connectivity index (χ0n) is 18.9. The number of nitrogens with one attached hydrogen (secondary N) is 2. The average Bonchev–Trinajstić information content (AvgIpc) is 3.24. The highest BCUT2D eigenvalue weighted by atomic mass is 79.9. The summed E-state index contributed by atoms with van der Waals surface area (Å²) in [6, 6.07) is 13.4. The summed E-state index contributed by atoms with van der Waals surface area (Å²) >= 11 is 3.47. The predicted octanol–water partition coefficient (Wildman–Crippen LogP) is 2.71. The van der Waals surface area contributed by atoms with Gasteiger partial charge in [0.15, 0.2) is 0 Å². The van der Waals surface area contributed by atoms with Crippen LogP contribution in [0.15, 0.2) is 59.1 Å². The summed E-state index contributed by atoms with van der Waals surface area (Å²) in [5.74, 6) is -1.86. The Kier molecular flexibility index (Phi) is 7.42. The Morgan fingerprint density at radius 2 is 1.97 bits per heavy atom. The first-order chi connectivity index (χ1) is 16.7. The molecule has 1 fully saturated rings. The van der Waals surface area contributed by atoms with Crippen LogP contribution < -0.4 is 10.6 Å². The lowest BCUT2D eigenvalue weighted by Crippen LogP contribution is -2.49. The van der Waals surface area contributed by atoms with E-state index >= 15 is 0 Å². The van der Waals surface area contributed by atoms with Gasteiger partial charge in [-0.05, 0) is 42.8 Å². The molecule has 4 rings (SSSR count). The Morgan fingerprint density at radius 1 is 1.20 bits per heavy atom. The number of carbonyl (C=O) groups excluding carboxylic acids is 3. The molecule has 0 unspecified atom stereocenters. The number of β-amino-alcohol motifs (C(OH)–C–C–N with tert-alkyl or cyclic N) is 1. The Morgan fingerprint density at radius 3 is 2.74 bits per heavy atom. The summed E-state index contributed by atoms with van der Waals surface area (Å²) in [5, 5.41) is 16.1. The van der Waals surface area contributed by atoms with E-state index in [9.17, 15) is 23.9 Å². The van der Waals surface area contributed by atoms with E-state index in [-0.39, 0.29) is 37.2 Å². The standard InChI is InChI=1S/C25H24BrFN4O4/c1-14(18-4-2-3-5-19(18)26)29-25(35)22-11-17(32)13-31(22)23(33)12-28-24(34)21-8-6-15-10-16(27)7-9-20(15)30-21/h2-10,14,17,22,32H,11-13H2,1H3,(H,28,34)(H,29,35)/t14-,17+,22-/m0/s1. The van der Waals surface area contributed by atoms with Crippen molar-refractivity contribution in [3.05, 3.63) is 76.1 Å². The fourth-order valence-corrected chi connectivity index (χ4v) is 4.75. The topological polar surface area (TPSA) is 112 Å². The lowest BCUT2D eigenvalue weighted by atomic mass is 10.1. The van der Waals surface area contributed by atoms with Crippen LogP contribution in [0.5, 0.6) is 0 Å². The van der Waals surface area contributed by atoms with Crippen molar-refractivity contribution in [3.63, 3.8) is 0 Å². The second-order valence-corrected chi connectivity index (χ2v) is 9.27. The van der Waals surface area contributed by atoms with E-state index in [1.54, 1.807) is 6.07 Å². The molecule has 182 valence electrons. The Labute approximate surface area is 209 Å². The number of rotatable bonds is 6. The number of carbonyl (C=O) groups is 3. The predicted molar refractivity (Wildman–Crippen MR) is 131 cm³/mol. The minimum absolute atomic E-state index is 0.00398. The monoisotopic (exact) mass is 542 g/mol. The molecule has 2 heterocycles. The molecule has 2 aromatic carbocycles. The molecular formula is C25H24BrFN4O4.